The average Bonchev–Trinajstić information content (AvgIpc) is 3.32. The lowest BCUT2D eigenvalue weighted by Gasteiger charge is -2.25. The Balaban J connectivity index is 0.00000102. The lowest BCUT2D eigenvalue weighted by molar-refractivity contribution is 0.0714. The number of hydrogen-bond acceptors (Lipinski definition) is 6. The van der Waals surface area contributed by atoms with E-state index in [2.05, 4.69) is 25.3 Å². The van der Waals surface area contributed by atoms with Crippen LogP contribution in [0.25, 0.3) is 16.9 Å². The molecule has 0 radical (unpaired) electrons. The van der Waals surface area contributed by atoms with Crippen molar-refractivity contribution in [3.63, 3.8) is 0 Å². The van der Waals surface area contributed by atoms with Gasteiger partial charge in [0.05, 0.1) is 11.6 Å². The van der Waals surface area contributed by atoms with E-state index in [1.807, 2.05) is 31.9 Å². The van der Waals surface area contributed by atoms with Crippen LogP contribution in [-0.4, -0.2) is 67.6 Å². The highest BCUT2D eigenvalue weighted by Crippen LogP contribution is 2.22. The number of fused-ring (bicyclic) bond motifs is 2. The van der Waals surface area contributed by atoms with Gasteiger partial charge in [-0.15, -0.1) is 0 Å². The van der Waals surface area contributed by atoms with Crippen LogP contribution in [0.3, 0.4) is 0 Å². The summed E-state index contributed by atoms with van der Waals surface area (Å²) in [5.74, 6) is 1.21. The molecule has 0 atom stereocenters. The molecule has 0 unspecified atom stereocenters. The Morgan fingerprint density at radius 2 is 2.11 bits per heavy atom. The third-order valence-corrected chi connectivity index (χ3v) is 4.33. The van der Waals surface area contributed by atoms with Gasteiger partial charge in [-0.25, -0.2) is 14.6 Å². The van der Waals surface area contributed by atoms with Crippen LogP contribution in [0.5, 0.6) is 0 Å². The predicted molar refractivity (Wildman–Crippen MR) is 101 cm³/mol. The zero-order valence-corrected chi connectivity index (χ0v) is 16.2. The average molecular weight is 371 g/mol. The first kappa shape index (κ1) is 19.0. The number of amides is 1. The number of aryl methyl sites for hydroxylation is 1. The first-order valence-corrected chi connectivity index (χ1v) is 9.22. The highest BCUT2D eigenvalue weighted by molar-refractivity contribution is 5.95. The molecule has 0 fully saturated rings. The number of aromatic amines is 1. The molecule has 9 heteroatoms. The van der Waals surface area contributed by atoms with Crippen molar-refractivity contribution in [1.82, 2.24) is 34.8 Å². The minimum Gasteiger partial charge on any atom is -0.385 e. The van der Waals surface area contributed by atoms with Crippen LogP contribution in [0.4, 0.5) is 0 Å². The van der Waals surface area contributed by atoms with E-state index in [0.29, 0.717) is 42.7 Å². The Hall–Kier alpha value is -2.81. The molecule has 3 aromatic rings. The van der Waals surface area contributed by atoms with E-state index in [0.717, 1.165) is 23.8 Å². The number of H-pyrrole nitrogens is 1. The second kappa shape index (κ2) is 8.26. The Kier molecular flexibility index (Phi) is 5.80. The zero-order chi connectivity index (χ0) is 19.4. The minimum atomic E-state index is -0.0367. The monoisotopic (exact) mass is 371 g/mol. The molecule has 0 bridgehead atoms. The predicted octanol–water partition coefficient (Wildman–Crippen LogP) is 1.91. The lowest BCUT2D eigenvalue weighted by Crippen LogP contribution is -2.38. The summed E-state index contributed by atoms with van der Waals surface area (Å²) in [6.45, 7) is 7.84. The Bertz CT molecular complexity index is 931. The maximum absolute atomic E-state index is 12.7. The summed E-state index contributed by atoms with van der Waals surface area (Å²) >= 11 is 0. The van der Waals surface area contributed by atoms with Crippen molar-refractivity contribution in [2.24, 2.45) is 0 Å². The van der Waals surface area contributed by atoms with E-state index in [9.17, 15) is 4.79 Å². The van der Waals surface area contributed by atoms with Crippen molar-refractivity contribution < 1.29 is 9.53 Å². The van der Waals surface area contributed by atoms with Crippen LogP contribution >= 0.6 is 0 Å². The summed E-state index contributed by atoms with van der Waals surface area (Å²) in [6, 6.07) is 0. The number of nitrogens with one attached hydrogen (secondary N) is 1. The molecule has 27 heavy (non-hydrogen) atoms. The number of nitrogens with zero attached hydrogens (tertiary/aromatic N) is 6. The van der Waals surface area contributed by atoms with Gasteiger partial charge in [-0.2, -0.15) is 10.2 Å². The molecule has 1 aliphatic rings. The van der Waals surface area contributed by atoms with Crippen LogP contribution in [0.2, 0.25) is 0 Å². The molecule has 1 N–H and O–H groups in total. The number of carbonyl (C=O) groups is 1. The first-order valence-electron chi connectivity index (χ1n) is 9.22. The molecule has 3 aromatic heterocycles. The molecule has 0 spiro atoms. The van der Waals surface area contributed by atoms with Crippen LogP contribution in [0, 0.1) is 6.92 Å². The lowest BCUT2D eigenvalue weighted by atomic mass is 10.1. The molecule has 1 amide bonds. The van der Waals surface area contributed by atoms with E-state index >= 15 is 0 Å². The summed E-state index contributed by atoms with van der Waals surface area (Å²) in [5, 5.41) is 12.2. The smallest absolute Gasteiger partial charge is 0.274 e. The van der Waals surface area contributed by atoms with Gasteiger partial charge < -0.3 is 9.64 Å². The molecule has 1 aliphatic heterocycles. The van der Waals surface area contributed by atoms with Gasteiger partial charge >= 0.3 is 0 Å². The van der Waals surface area contributed by atoms with Gasteiger partial charge in [-0.1, -0.05) is 13.8 Å². The maximum Gasteiger partial charge on any atom is 0.274 e. The second-order valence-corrected chi connectivity index (χ2v) is 6.06. The molecule has 9 nitrogen and oxygen atoms in total. The molecular formula is C18H25N7O2. The largest absolute Gasteiger partial charge is 0.385 e. The number of hydrogen-bond donors (Lipinski definition) is 1. The van der Waals surface area contributed by atoms with Gasteiger partial charge in [0, 0.05) is 38.6 Å². The normalized spacial score (nSPS) is 13.5. The Labute approximate surface area is 157 Å². The van der Waals surface area contributed by atoms with E-state index in [1.165, 1.54) is 0 Å². The summed E-state index contributed by atoms with van der Waals surface area (Å²) < 4.78 is 6.72. The van der Waals surface area contributed by atoms with Crippen molar-refractivity contribution >= 4 is 16.9 Å². The SMILES string of the molecule is CC.COCCCN1CCc2cn(-c3nc(C)nc4[nH]ncc34)nc2C1=O. The summed E-state index contributed by atoms with van der Waals surface area (Å²) in [5.41, 5.74) is 2.10. The standard InChI is InChI=1S/C16H19N7O2.C2H6/c1-10-18-14-12(8-17-20-14)15(19-10)23-9-11-4-6-22(5-3-7-25-2)16(24)13(11)21-23;1-2/h8-9H,3-7H2,1-2H3,(H,17,18,19,20);1-2H3. The molecule has 0 saturated carbocycles. The highest BCUT2D eigenvalue weighted by atomic mass is 16.5. The van der Waals surface area contributed by atoms with Crippen molar-refractivity contribution in [3.8, 4) is 5.82 Å². The maximum atomic E-state index is 12.7. The van der Waals surface area contributed by atoms with Crippen molar-refractivity contribution in [2.45, 2.75) is 33.6 Å². The van der Waals surface area contributed by atoms with Crippen LogP contribution < -0.4 is 0 Å². The van der Waals surface area contributed by atoms with E-state index in [4.69, 9.17) is 4.74 Å². The number of rotatable bonds is 5. The van der Waals surface area contributed by atoms with E-state index in [1.54, 1.807) is 18.0 Å². The fourth-order valence-electron chi connectivity index (χ4n) is 3.10. The molecule has 4 rings (SSSR count). The molecule has 4 heterocycles. The van der Waals surface area contributed by atoms with Crippen LogP contribution in [-0.2, 0) is 11.2 Å². The molecule has 144 valence electrons. The fourth-order valence-corrected chi connectivity index (χ4v) is 3.10. The van der Waals surface area contributed by atoms with E-state index < -0.39 is 0 Å². The van der Waals surface area contributed by atoms with Gasteiger partial charge in [0.25, 0.3) is 5.91 Å². The van der Waals surface area contributed by atoms with Crippen molar-refractivity contribution in [3.05, 3.63) is 29.5 Å². The van der Waals surface area contributed by atoms with Crippen molar-refractivity contribution in [1.29, 1.82) is 0 Å². The molecule has 0 aliphatic carbocycles. The van der Waals surface area contributed by atoms with Gasteiger partial charge in [0.15, 0.2) is 17.2 Å². The molecule has 0 saturated heterocycles. The number of aromatic nitrogens is 6. The summed E-state index contributed by atoms with van der Waals surface area (Å²) in [7, 11) is 1.66. The number of ether oxygens (including phenoxy) is 1. The quantitative estimate of drug-likeness (QED) is 0.688. The van der Waals surface area contributed by atoms with Crippen LogP contribution in [0.1, 0.15) is 42.1 Å². The van der Waals surface area contributed by atoms with Gasteiger partial charge in [0.1, 0.15) is 5.82 Å². The minimum absolute atomic E-state index is 0.0367. The Morgan fingerprint density at radius 1 is 1.30 bits per heavy atom. The topological polar surface area (TPSA) is 102 Å². The molecule has 0 aromatic carbocycles. The number of carbonyl (C=O) groups excluding carboxylic acids is 1. The fraction of sp³-hybridized carbons (Fsp3) is 0.500. The van der Waals surface area contributed by atoms with Crippen molar-refractivity contribution in [2.75, 3.05) is 26.8 Å². The highest BCUT2D eigenvalue weighted by Gasteiger charge is 2.28. The van der Waals surface area contributed by atoms with Gasteiger partial charge in [0.2, 0.25) is 0 Å². The van der Waals surface area contributed by atoms with E-state index in [-0.39, 0.29) is 5.91 Å². The third kappa shape index (κ3) is 3.68. The Morgan fingerprint density at radius 3 is 2.89 bits per heavy atom. The van der Waals surface area contributed by atoms with Gasteiger partial charge in [-0.3, -0.25) is 9.89 Å². The summed E-state index contributed by atoms with van der Waals surface area (Å²) in [6.07, 6.45) is 5.16. The third-order valence-electron chi connectivity index (χ3n) is 4.33. The van der Waals surface area contributed by atoms with Crippen LogP contribution in [0.15, 0.2) is 12.4 Å². The zero-order valence-electron chi connectivity index (χ0n) is 16.2. The van der Waals surface area contributed by atoms with Gasteiger partial charge in [-0.05, 0) is 19.8 Å². The molecular weight excluding hydrogens is 346 g/mol. The first-order chi connectivity index (χ1) is 13.2. The summed E-state index contributed by atoms with van der Waals surface area (Å²) in [4.78, 5) is 23.3. The number of methoxy groups -OCH3 is 1. The second-order valence-electron chi connectivity index (χ2n) is 6.06.